The van der Waals surface area contributed by atoms with Crippen LogP contribution in [0.25, 0.3) is 22.9 Å². The molecule has 1 fully saturated rings. The summed E-state index contributed by atoms with van der Waals surface area (Å²) in [5.74, 6) is -2.21. The van der Waals surface area contributed by atoms with Gasteiger partial charge in [0.05, 0.1) is 36.3 Å². The van der Waals surface area contributed by atoms with Crippen molar-refractivity contribution in [1.82, 2.24) is 25.3 Å². The normalized spacial score (nSPS) is 14.4. The molecule has 0 unspecified atom stereocenters. The molecule has 1 saturated heterocycles. The number of carbonyl (C=O) groups excluding carboxylic acids is 1. The quantitative estimate of drug-likeness (QED) is 0.0912. The lowest BCUT2D eigenvalue weighted by Crippen LogP contribution is -2.44. The number of hydrogen-bond acceptors (Lipinski definition) is 12. The van der Waals surface area contributed by atoms with Gasteiger partial charge in [0, 0.05) is 23.1 Å². The number of aromatic nitrogens is 4. The molecule has 0 bridgehead atoms. The second-order valence-electron chi connectivity index (χ2n) is 13.7. The zero-order valence-electron chi connectivity index (χ0n) is 32.8. The Morgan fingerprint density at radius 2 is 1.18 bits per heavy atom. The molecule has 1 aliphatic heterocycles. The van der Waals surface area contributed by atoms with E-state index in [1.165, 1.54) is 8.61 Å². The summed E-state index contributed by atoms with van der Waals surface area (Å²) in [6, 6.07) is 30.0. The van der Waals surface area contributed by atoms with Crippen LogP contribution >= 0.6 is 0 Å². The van der Waals surface area contributed by atoms with E-state index in [0.29, 0.717) is 46.6 Å². The first-order chi connectivity index (χ1) is 29.6. The smallest absolute Gasteiger partial charge is 0.314 e. The van der Waals surface area contributed by atoms with Crippen LogP contribution in [0.5, 0.6) is 0 Å². The third-order valence-electron chi connectivity index (χ3n) is 9.58. The number of likely N-dealkylation sites (tertiary alicyclic amines) is 1. The van der Waals surface area contributed by atoms with Crippen molar-refractivity contribution in [2.75, 3.05) is 27.5 Å². The number of anilines is 2. The zero-order valence-corrected chi connectivity index (χ0v) is 34.4. The predicted molar refractivity (Wildman–Crippen MR) is 221 cm³/mol. The van der Waals surface area contributed by atoms with Gasteiger partial charge in [0.25, 0.3) is 21.8 Å². The molecule has 0 spiro atoms. The predicted octanol–water partition coefficient (Wildman–Crippen LogP) is 7.11. The fraction of sp³-hybridized carbons (Fsp3) is 0.244. The van der Waals surface area contributed by atoms with E-state index in [-0.39, 0.29) is 37.2 Å². The van der Waals surface area contributed by atoms with Crippen molar-refractivity contribution in [2.24, 2.45) is 5.73 Å². The summed E-state index contributed by atoms with van der Waals surface area (Å²) in [5.41, 5.74) is 8.71. The molecule has 3 heterocycles. The Morgan fingerprint density at radius 3 is 1.60 bits per heavy atom. The summed E-state index contributed by atoms with van der Waals surface area (Å²) >= 11 is 0. The molecular weight excluding hydrogens is 857 g/mol. The van der Waals surface area contributed by atoms with Gasteiger partial charge in [-0.3, -0.25) is 18.3 Å². The van der Waals surface area contributed by atoms with Crippen LogP contribution in [-0.4, -0.2) is 72.9 Å². The lowest BCUT2D eigenvalue weighted by Gasteiger charge is -2.27. The van der Waals surface area contributed by atoms with Gasteiger partial charge in [0.2, 0.25) is 27.7 Å². The van der Waals surface area contributed by atoms with Crippen molar-refractivity contribution >= 4 is 37.3 Å². The number of carbonyl (C=O) groups is 1. The molecule has 62 heavy (non-hydrogen) atoms. The maximum Gasteiger partial charge on any atom is 0.314 e. The van der Waals surface area contributed by atoms with Gasteiger partial charge in [-0.1, -0.05) is 67.2 Å². The molecule has 6 aromatic rings. The lowest BCUT2D eigenvalue weighted by atomic mass is 10.1. The number of rotatable bonds is 17. The Morgan fingerprint density at radius 1 is 0.726 bits per heavy atom. The molecule has 15 nitrogen and oxygen atoms in total. The average Bonchev–Trinajstić information content (AvgIpc) is 4.08. The van der Waals surface area contributed by atoms with Crippen LogP contribution in [0, 0.1) is 0 Å². The number of para-hydroxylation sites is 2. The highest BCUT2D eigenvalue weighted by Crippen LogP contribution is 2.28. The van der Waals surface area contributed by atoms with Crippen LogP contribution < -0.4 is 14.3 Å². The van der Waals surface area contributed by atoms with Gasteiger partial charge in [-0.05, 0) is 79.0 Å². The van der Waals surface area contributed by atoms with Crippen LogP contribution in [0.3, 0.4) is 0 Å². The van der Waals surface area contributed by atoms with E-state index < -0.39 is 56.6 Å². The molecule has 1 amide bonds. The largest absolute Gasteiger partial charge is 0.415 e. The first kappa shape index (κ1) is 45.1. The molecule has 7 rings (SSSR count). The topological polar surface area (TPSA) is 199 Å². The van der Waals surface area contributed by atoms with E-state index >= 15 is 0 Å². The summed E-state index contributed by atoms with van der Waals surface area (Å²) < 4.78 is 114. The Balaban J connectivity index is 0.000000214. The molecular formula is C41H40F4N8O7S2. The number of nitrogens with two attached hydrogens (primary N) is 1. The van der Waals surface area contributed by atoms with E-state index in [9.17, 15) is 39.2 Å². The van der Waals surface area contributed by atoms with Gasteiger partial charge >= 0.3 is 12.9 Å². The van der Waals surface area contributed by atoms with Crippen molar-refractivity contribution in [3.63, 3.8) is 0 Å². The number of hydrogen-bond donors (Lipinski definition) is 1. The number of halogens is 4. The maximum atomic E-state index is 13.4. The van der Waals surface area contributed by atoms with Crippen molar-refractivity contribution in [2.45, 2.75) is 44.8 Å². The molecule has 1 aliphatic rings. The molecule has 21 heteroatoms. The standard InChI is InChI=1S/C23H25F2N5O4S.C18H15F2N3O3S/c24-20(25)23-28-27-22(34-23)17-10-8-16(9-11-17)15-30(18-5-2-1-3-6-18)35(32,33)14-13-29-12-4-7-19(29)21(26)31;1-2-27(24,25)23(15-6-4-3-5-7-15)12-13-8-10-14(11-9-13)17-21-22-18(26-17)16(19)20/h1-3,5-6,8-11,19-20H,4,7,12-15H2,(H2,26,31);2-11,16H,1,12H2/t19-;/m0./s1. The van der Waals surface area contributed by atoms with Crippen molar-refractivity contribution in [1.29, 1.82) is 0 Å². The van der Waals surface area contributed by atoms with Gasteiger partial charge in [-0.25, -0.2) is 16.8 Å². The van der Waals surface area contributed by atoms with Crippen LogP contribution in [0.2, 0.25) is 0 Å². The molecule has 2 aromatic heterocycles. The van der Waals surface area contributed by atoms with E-state index in [4.69, 9.17) is 14.6 Å². The number of alkyl halides is 4. The third-order valence-corrected chi connectivity index (χ3v) is 12.7. The van der Waals surface area contributed by atoms with E-state index in [1.54, 1.807) is 109 Å². The Bertz CT molecular complexity index is 2640. The second-order valence-corrected chi connectivity index (χ2v) is 17.5. The second kappa shape index (κ2) is 19.9. The zero-order chi connectivity index (χ0) is 44.4. The number of primary amides is 1. The monoisotopic (exact) mass is 896 g/mol. The Hall–Kier alpha value is -6.45. The molecule has 4 aromatic carbocycles. The van der Waals surface area contributed by atoms with Gasteiger partial charge < -0.3 is 14.6 Å². The van der Waals surface area contributed by atoms with Gasteiger partial charge in [0.1, 0.15) is 0 Å². The molecule has 326 valence electrons. The molecule has 1 atom stereocenters. The highest BCUT2D eigenvalue weighted by molar-refractivity contribution is 7.95. The molecule has 0 radical (unpaired) electrons. The third kappa shape index (κ3) is 11.3. The number of nitrogens with zero attached hydrogens (tertiary/aromatic N) is 7. The minimum Gasteiger partial charge on any atom is -0.415 e. The number of benzene rings is 4. The molecule has 0 aliphatic carbocycles. The number of amides is 1. The molecule has 0 saturated carbocycles. The van der Waals surface area contributed by atoms with Crippen LogP contribution in [0.1, 0.15) is 48.6 Å². The average molecular weight is 897 g/mol. The maximum absolute atomic E-state index is 13.4. The SMILES string of the molecule is C=CS(=O)(=O)N(Cc1ccc(-c2nnc(C(F)F)o2)cc1)c1ccccc1.NC(=O)[C@@H]1CCCN1CCS(=O)(=O)N(Cc1ccc(-c2nnc(C(F)F)o2)cc1)c1ccccc1. The first-order valence-corrected chi connectivity index (χ1v) is 22.0. The van der Waals surface area contributed by atoms with Gasteiger partial charge in [-0.15, -0.1) is 20.4 Å². The Kier molecular flexibility index (Phi) is 14.5. The fourth-order valence-corrected chi connectivity index (χ4v) is 8.83. The summed E-state index contributed by atoms with van der Waals surface area (Å²) in [4.78, 5) is 13.5. The van der Waals surface area contributed by atoms with Gasteiger partial charge in [-0.2, -0.15) is 17.6 Å². The minimum atomic E-state index is -3.76. The first-order valence-electron chi connectivity index (χ1n) is 18.9. The summed E-state index contributed by atoms with van der Waals surface area (Å²) in [6.45, 7) is 4.32. The Labute approximate surface area is 354 Å². The van der Waals surface area contributed by atoms with Crippen molar-refractivity contribution in [3.05, 3.63) is 144 Å². The van der Waals surface area contributed by atoms with E-state index in [0.717, 1.165) is 11.8 Å². The highest BCUT2D eigenvalue weighted by Gasteiger charge is 2.31. The van der Waals surface area contributed by atoms with Crippen LogP contribution in [0.15, 0.2) is 130 Å². The summed E-state index contributed by atoms with van der Waals surface area (Å²) in [6.07, 6.45) is -4.28. The van der Waals surface area contributed by atoms with Crippen LogP contribution in [-0.2, 0) is 37.9 Å². The summed E-state index contributed by atoms with van der Waals surface area (Å²) in [5, 5.41) is 14.7. The van der Waals surface area contributed by atoms with Crippen molar-refractivity contribution in [3.8, 4) is 22.9 Å². The van der Waals surface area contributed by atoms with Gasteiger partial charge in [0.15, 0.2) is 0 Å². The fourth-order valence-electron chi connectivity index (χ4n) is 6.43. The van der Waals surface area contributed by atoms with Crippen molar-refractivity contribution < 1.29 is 48.0 Å². The molecule has 2 N–H and O–H groups in total. The van der Waals surface area contributed by atoms with Crippen LogP contribution in [0.4, 0.5) is 28.9 Å². The highest BCUT2D eigenvalue weighted by atomic mass is 32.2. The van der Waals surface area contributed by atoms with E-state index in [2.05, 4.69) is 27.0 Å². The van der Waals surface area contributed by atoms with E-state index in [1.807, 2.05) is 4.90 Å². The summed E-state index contributed by atoms with van der Waals surface area (Å²) in [7, 11) is -7.47. The lowest BCUT2D eigenvalue weighted by molar-refractivity contribution is -0.122. The number of sulfonamides is 2. The minimum absolute atomic E-state index is 0.0320.